The molecule has 1 atom stereocenters. The van der Waals surface area contributed by atoms with Crippen LogP contribution in [0.15, 0.2) is 52.6 Å². The Labute approximate surface area is 146 Å². The second-order valence-electron chi connectivity index (χ2n) is 6.28. The first-order chi connectivity index (χ1) is 11.9. The van der Waals surface area contributed by atoms with Crippen molar-refractivity contribution in [3.63, 3.8) is 0 Å². The van der Waals surface area contributed by atoms with E-state index in [1.54, 1.807) is 11.3 Å². The van der Waals surface area contributed by atoms with Gasteiger partial charge in [0, 0.05) is 25.0 Å². The highest BCUT2D eigenvalue weighted by atomic mass is 32.1. The van der Waals surface area contributed by atoms with E-state index in [2.05, 4.69) is 44.7 Å². The predicted molar refractivity (Wildman–Crippen MR) is 95.7 cm³/mol. The molecule has 5 heteroatoms. The molecule has 4 rings (SSSR count). The molecule has 3 aromatic heterocycles. The number of thiophene rings is 1. The first kappa shape index (κ1) is 15.5. The molecule has 3 aromatic rings. The minimum Gasteiger partial charge on any atom is -0.355 e. The molecular weight excluding hydrogens is 318 g/mol. The summed E-state index contributed by atoms with van der Waals surface area (Å²) in [6.45, 7) is 2.04. The fraction of sp³-hybridized carbons (Fsp3) is 0.368. The quantitative estimate of drug-likeness (QED) is 0.677. The molecule has 24 heavy (non-hydrogen) atoms. The van der Waals surface area contributed by atoms with Crippen LogP contribution in [0.2, 0.25) is 0 Å². The lowest BCUT2D eigenvalue weighted by Crippen LogP contribution is -2.28. The van der Waals surface area contributed by atoms with Crippen LogP contribution in [0.25, 0.3) is 10.6 Å². The van der Waals surface area contributed by atoms with E-state index >= 15 is 0 Å². The summed E-state index contributed by atoms with van der Waals surface area (Å²) < 4.78 is 5.63. The van der Waals surface area contributed by atoms with Crippen LogP contribution in [-0.2, 0) is 6.54 Å². The van der Waals surface area contributed by atoms with Crippen LogP contribution in [0.4, 0.5) is 0 Å². The maximum absolute atomic E-state index is 5.63. The lowest BCUT2D eigenvalue weighted by Gasteiger charge is -2.28. The van der Waals surface area contributed by atoms with E-state index in [4.69, 9.17) is 4.52 Å². The molecule has 4 heterocycles. The van der Waals surface area contributed by atoms with Crippen molar-refractivity contribution in [2.45, 2.75) is 38.3 Å². The minimum absolute atomic E-state index is 0.332. The molecule has 0 aliphatic carbocycles. The van der Waals surface area contributed by atoms with Crippen molar-refractivity contribution in [2.24, 2.45) is 0 Å². The first-order valence-electron chi connectivity index (χ1n) is 8.53. The number of hydrogen-bond donors (Lipinski definition) is 0. The number of aromatic nitrogens is 2. The van der Waals surface area contributed by atoms with Crippen LogP contribution in [0, 0.1) is 0 Å². The van der Waals surface area contributed by atoms with E-state index in [0.29, 0.717) is 6.04 Å². The van der Waals surface area contributed by atoms with Crippen molar-refractivity contribution in [3.05, 3.63) is 59.4 Å². The van der Waals surface area contributed by atoms with Crippen molar-refractivity contribution >= 4 is 11.3 Å². The average Bonchev–Trinajstić information content (AvgIpc) is 3.25. The maximum Gasteiger partial charge on any atom is 0.177 e. The largest absolute Gasteiger partial charge is 0.355 e. The Morgan fingerprint density at radius 1 is 1.17 bits per heavy atom. The zero-order valence-electron chi connectivity index (χ0n) is 13.6. The summed E-state index contributed by atoms with van der Waals surface area (Å²) in [4.78, 5) is 7.80. The lowest BCUT2D eigenvalue weighted by molar-refractivity contribution is 0.184. The molecule has 1 aliphatic rings. The highest BCUT2D eigenvalue weighted by Gasteiger charge is 2.26. The topological polar surface area (TPSA) is 42.2 Å². The fourth-order valence-electron chi connectivity index (χ4n) is 3.40. The van der Waals surface area contributed by atoms with Crippen molar-refractivity contribution in [1.29, 1.82) is 0 Å². The second kappa shape index (κ2) is 7.28. The van der Waals surface area contributed by atoms with Gasteiger partial charge < -0.3 is 4.52 Å². The van der Waals surface area contributed by atoms with E-state index in [1.807, 2.05) is 18.5 Å². The van der Waals surface area contributed by atoms with Crippen LogP contribution < -0.4 is 0 Å². The van der Waals surface area contributed by atoms with E-state index in [1.165, 1.54) is 24.8 Å². The van der Waals surface area contributed by atoms with Gasteiger partial charge in [-0.05, 0) is 48.5 Å². The average molecular weight is 339 g/mol. The van der Waals surface area contributed by atoms with Gasteiger partial charge >= 0.3 is 0 Å². The summed E-state index contributed by atoms with van der Waals surface area (Å²) in [6.07, 6.45) is 8.66. The van der Waals surface area contributed by atoms with Gasteiger partial charge in [-0.15, -0.1) is 11.3 Å². The van der Waals surface area contributed by atoms with Gasteiger partial charge in [-0.3, -0.25) is 9.88 Å². The molecule has 4 nitrogen and oxygen atoms in total. The molecule has 0 bridgehead atoms. The molecule has 0 radical (unpaired) electrons. The molecule has 0 amide bonds. The van der Waals surface area contributed by atoms with Gasteiger partial charge in [0.2, 0.25) is 0 Å². The first-order valence-corrected chi connectivity index (χ1v) is 9.41. The molecule has 0 spiro atoms. The highest BCUT2D eigenvalue weighted by Crippen LogP contribution is 2.34. The van der Waals surface area contributed by atoms with E-state index in [0.717, 1.165) is 35.8 Å². The molecule has 124 valence electrons. The summed E-state index contributed by atoms with van der Waals surface area (Å²) in [5, 5.41) is 6.48. The van der Waals surface area contributed by atoms with Gasteiger partial charge in [0.05, 0.1) is 10.9 Å². The third kappa shape index (κ3) is 3.42. The Balaban J connectivity index is 1.58. The standard InChI is InChI=1S/C19H21N3OS/c1-2-5-17(16-13-18(23-21-16)19-6-4-12-24-19)22(11-3-1)14-15-7-9-20-10-8-15/h4,6-10,12-13,17H,1-3,5,11,14H2. The van der Waals surface area contributed by atoms with Gasteiger partial charge in [-0.1, -0.05) is 24.1 Å². The van der Waals surface area contributed by atoms with Crippen molar-refractivity contribution in [1.82, 2.24) is 15.0 Å². The smallest absolute Gasteiger partial charge is 0.177 e. The van der Waals surface area contributed by atoms with Gasteiger partial charge in [0.15, 0.2) is 5.76 Å². The number of nitrogens with zero attached hydrogens (tertiary/aromatic N) is 3. The fourth-order valence-corrected chi connectivity index (χ4v) is 4.07. The predicted octanol–water partition coefficient (Wildman–Crippen LogP) is 4.92. The zero-order valence-corrected chi connectivity index (χ0v) is 14.4. The van der Waals surface area contributed by atoms with E-state index < -0.39 is 0 Å². The normalized spacial score (nSPS) is 19.2. The van der Waals surface area contributed by atoms with Crippen LogP contribution >= 0.6 is 11.3 Å². The molecular formula is C19H21N3OS. The van der Waals surface area contributed by atoms with Crippen molar-refractivity contribution in [3.8, 4) is 10.6 Å². The molecule has 0 saturated carbocycles. The van der Waals surface area contributed by atoms with Crippen LogP contribution in [0.1, 0.15) is 43.0 Å². The Hall–Kier alpha value is -1.98. The maximum atomic E-state index is 5.63. The number of rotatable bonds is 4. The van der Waals surface area contributed by atoms with Gasteiger partial charge in [0.25, 0.3) is 0 Å². The van der Waals surface area contributed by atoms with Crippen LogP contribution in [0.3, 0.4) is 0 Å². The zero-order chi connectivity index (χ0) is 16.2. The summed E-state index contributed by atoms with van der Waals surface area (Å²) in [5.41, 5.74) is 2.37. The number of pyridine rings is 1. The molecule has 0 aromatic carbocycles. The van der Waals surface area contributed by atoms with Crippen LogP contribution in [-0.4, -0.2) is 21.6 Å². The minimum atomic E-state index is 0.332. The van der Waals surface area contributed by atoms with Gasteiger partial charge in [0.1, 0.15) is 5.69 Å². The Morgan fingerprint density at radius 2 is 2.08 bits per heavy atom. The number of likely N-dealkylation sites (tertiary alicyclic amines) is 1. The monoisotopic (exact) mass is 339 g/mol. The summed E-state index contributed by atoms with van der Waals surface area (Å²) >= 11 is 1.69. The molecule has 1 unspecified atom stereocenters. The summed E-state index contributed by atoms with van der Waals surface area (Å²) in [5.74, 6) is 0.883. The van der Waals surface area contributed by atoms with E-state index in [-0.39, 0.29) is 0 Å². The molecule has 1 fully saturated rings. The van der Waals surface area contributed by atoms with Crippen molar-refractivity contribution < 1.29 is 4.52 Å². The third-order valence-electron chi connectivity index (χ3n) is 4.63. The molecule has 0 N–H and O–H groups in total. The number of hydrogen-bond acceptors (Lipinski definition) is 5. The Bertz CT molecular complexity index is 754. The summed E-state index contributed by atoms with van der Waals surface area (Å²) in [7, 11) is 0. The SMILES string of the molecule is c1csc(-c2cc(C3CCCCCN3Cc3ccncc3)no2)c1. The van der Waals surface area contributed by atoms with Gasteiger partial charge in [-0.25, -0.2) is 0 Å². The molecule has 1 aliphatic heterocycles. The second-order valence-corrected chi connectivity index (χ2v) is 7.23. The summed E-state index contributed by atoms with van der Waals surface area (Å²) in [6, 6.07) is 10.8. The van der Waals surface area contributed by atoms with Crippen molar-refractivity contribution in [2.75, 3.05) is 6.54 Å². The van der Waals surface area contributed by atoms with Crippen LogP contribution in [0.5, 0.6) is 0 Å². The highest BCUT2D eigenvalue weighted by molar-refractivity contribution is 7.13. The van der Waals surface area contributed by atoms with E-state index in [9.17, 15) is 0 Å². The Kier molecular flexibility index (Phi) is 4.71. The molecule has 1 saturated heterocycles. The van der Waals surface area contributed by atoms with Gasteiger partial charge in [-0.2, -0.15) is 0 Å². The Morgan fingerprint density at radius 3 is 2.92 bits per heavy atom. The lowest BCUT2D eigenvalue weighted by atomic mass is 10.1. The third-order valence-corrected chi connectivity index (χ3v) is 5.52.